The zero-order valence-corrected chi connectivity index (χ0v) is 13.1. The first-order valence-corrected chi connectivity index (χ1v) is 7.73. The number of carbonyl (C=O) groups excluding carboxylic acids is 1. The number of hydrogen-bond acceptors (Lipinski definition) is 4. The third kappa shape index (κ3) is 4.08. The number of para-hydroxylation sites is 2. The number of carbonyl (C=O) groups is 2. The summed E-state index contributed by atoms with van der Waals surface area (Å²) < 4.78 is 5.66. The van der Waals surface area contributed by atoms with E-state index in [-0.39, 0.29) is 22.5 Å². The van der Waals surface area contributed by atoms with E-state index >= 15 is 0 Å². The van der Waals surface area contributed by atoms with Crippen LogP contribution in [0.2, 0.25) is 0 Å². The van der Waals surface area contributed by atoms with Crippen molar-refractivity contribution < 1.29 is 19.4 Å². The van der Waals surface area contributed by atoms with Crippen LogP contribution < -0.4 is 10.1 Å². The minimum Gasteiger partial charge on any atom is -0.477 e. The molecule has 1 aromatic carbocycles. The maximum atomic E-state index is 11.9. The molecule has 2 aromatic rings. The van der Waals surface area contributed by atoms with Crippen molar-refractivity contribution in [2.24, 2.45) is 5.92 Å². The second kappa shape index (κ2) is 7.09. The van der Waals surface area contributed by atoms with Gasteiger partial charge in [-0.25, -0.2) is 4.79 Å². The zero-order valence-electron chi connectivity index (χ0n) is 12.3. The van der Waals surface area contributed by atoms with Gasteiger partial charge in [0.05, 0.1) is 5.69 Å². The number of carboxylic acids is 1. The van der Waals surface area contributed by atoms with E-state index in [1.54, 1.807) is 35.7 Å². The molecular formula is C16H17NO4S. The third-order valence-corrected chi connectivity index (χ3v) is 3.68. The third-order valence-electron chi connectivity index (χ3n) is 2.80. The van der Waals surface area contributed by atoms with Crippen LogP contribution in [0.15, 0.2) is 35.7 Å². The van der Waals surface area contributed by atoms with Crippen LogP contribution in [-0.4, -0.2) is 17.0 Å². The quantitative estimate of drug-likeness (QED) is 0.835. The average Bonchev–Trinajstić information content (AvgIpc) is 2.88. The van der Waals surface area contributed by atoms with Gasteiger partial charge < -0.3 is 15.2 Å². The molecule has 0 aliphatic heterocycles. The number of amides is 1. The number of benzene rings is 1. The van der Waals surface area contributed by atoms with Gasteiger partial charge in [0.15, 0.2) is 16.4 Å². The molecule has 0 saturated carbocycles. The van der Waals surface area contributed by atoms with E-state index in [0.29, 0.717) is 17.9 Å². The van der Waals surface area contributed by atoms with Crippen LogP contribution in [0.4, 0.5) is 5.69 Å². The molecule has 6 heteroatoms. The molecule has 5 nitrogen and oxygen atoms in total. The number of anilines is 1. The smallest absolute Gasteiger partial charge is 0.349 e. The maximum Gasteiger partial charge on any atom is 0.349 e. The van der Waals surface area contributed by atoms with E-state index in [1.807, 2.05) is 13.8 Å². The lowest BCUT2D eigenvalue weighted by molar-refractivity contribution is -0.116. The van der Waals surface area contributed by atoms with Gasteiger partial charge in [-0.15, -0.1) is 11.3 Å². The first-order chi connectivity index (χ1) is 10.5. The van der Waals surface area contributed by atoms with Crippen molar-refractivity contribution in [3.8, 4) is 11.5 Å². The summed E-state index contributed by atoms with van der Waals surface area (Å²) in [5.41, 5.74) is 0.524. The van der Waals surface area contributed by atoms with Crippen molar-refractivity contribution in [3.05, 3.63) is 40.6 Å². The van der Waals surface area contributed by atoms with Gasteiger partial charge >= 0.3 is 5.97 Å². The Morgan fingerprint density at radius 1 is 1.23 bits per heavy atom. The molecule has 22 heavy (non-hydrogen) atoms. The SMILES string of the molecule is CC(C)CC(=O)Nc1ccccc1Oc1ccsc1C(=O)O. The summed E-state index contributed by atoms with van der Waals surface area (Å²) in [4.78, 5) is 23.1. The number of ether oxygens (including phenoxy) is 1. The largest absolute Gasteiger partial charge is 0.477 e. The van der Waals surface area contributed by atoms with Gasteiger partial charge in [-0.3, -0.25) is 4.79 Å². The molecule has 0 bridgehead atoms. The highest BCUT2D eigenvalue weighted by Crippen LogP contribution is 2.34. The Balaban J connectivity index is 2.19. The maximum absolute atomic E-state index is 11.9. The zero-order chi connectivity index (χ0) is 16.1. The Morgan fingerprint density at radius 3 is 2.64 bits per heavy atom. The molecule has 0 fully saturated rings. The molecule has 2 N–H and O–H groups in total. The lowest BCUT2D eigenvalue weighted by Crippen LogP contribution is -2.14. The molecule has 0 atom stereocenters. The minimum atomic E-state index is -1.04. The van der Waals surface area contributed by atoms with Crippen LogP contribution >= 0.6 is 11.3 Å². The summed E-state index contributed by atoms with van der Waals surface area (Å²) in [6, 6.07) is 8.55. The first-order valence-electron chi connectivity index (χ1n) is 6.85. The first kappa shape index (κ1) is 16.0. The molecule has 1 heterocycles. The van der Waals surface area contributed by atoms with Gasteiger partial charge in [0.25, 0.3) is 0 Å². The van der Waals surface area contributed by atoms with E-state index in [1.165, 1.54) is 0 Å². The predicted octanol–water partition coefficient (Wildman–Crippen LogP) is 4.22. The molecule has 0 aliphatic rings. The number of rotatable bonds is 6. The number of carboxylic acid groups (broad SMARTS) is 1. The fraction of sp³-hybridized carbons (Fsp3) is 0.250. The Morgan fingerprint density at radius 2 is 1.95 bits per heavy atom. The summed E-state index contributed by atoms with van der Waals surface area (Å²) in [5, 5.41) is 13.6. The molecule has 0 radical (unpaired) electrons. The molecule has 1 aromatic heterocycles. The molecular weight excluding hydrogens is 302 g/mol. The summed E-state index contributed by atoms with van der Waals surface area (Å²) in [7, 11) is 0. The Bertz CT molecular complexity index is 678. The van der Waals surface area contributed by atoms with Crippen molar-refractivity contribution in [3.63, 3.8) is 0 Å². The standard InChI is InChI=1S/C16H17NO4S/c1-10(2)9-14(18)17-11-5-3-4-6-12(11)21-13-7-8-22-15(13)16(19)20/h3-8,10H,9H2,1-2H3,(H,17,18)(H,19,20). The van der Waals surface area contributed by atoms with Crippen LogP contribution in [0.25, 0.3) is 0 Å². The summed E-state index contributed by atoms with van der Waals surface area (Å²) >= 11 is 1.09. The van der Waals surface area contributed by atoms with Gasteiger partial charge in [-0.05, 0) is 29.5 Å². The lowest BCUT2D eigenvalue weighted by Gasteiger charge is -2.12. The van der Waals surface area contributed by atoms with Crippen molar-refractivity contribution in [1.29, 1.82) is 0 Å². The van der Waals surface area contributed by atoms with Gasteiger partial charge in [-0.1, -0.05) is 26.0 Å². The molecule has 0 unspecified atom stereocenters. The van der Waals surface area contributed by atoms with E-state index in [2.05, 4.69) is 5.32 Å². The van der Waals surface area contributed by atoms with Crippen molar-refractivity contribution in [2.45, 2.75) is 20.3 Å². The molecule has 0 saturated heterocycles. The van der Waals surface area contributed by atoms with Gasteiger partial charge in [-0.2, -0.15) is 0 Å². The van der Waals surface area contributed by atoms with Gasteiger partial charge in [0.2, 0.25) is 5.91 Å². The number of aromatic carboxylic acids is 1. The topological polar surface area (TPSA) is 75.6 Å². The minimum absolute atomic E-state index is 0.102. The van der Waals surface area contributed by atoms with E-state index in [9.17, 15) is 9.59 Å². The van der Waals surface area contributed by atoms with Crippen LogP contribution in [0.3, 0.4) is 0 Å². The van der Waals surface area contributed by atoms with E-state index < -0.39 is 5.97 Å². The van der Waals surface area contributed by atoms with Crippen LogP contribution in [-0.2, 0) is 4.79 Å². The Kier molecular flexibility index (Phi) is 5.16. The molecule has 116 valence electrons. The fourth-order valence-corrected chi connectivity index (χ4v) is 2.54. The fourth-order valence-electron chi connectivity index (χ4n) is 1.88. The average molecular weight is 319 g/mol. The van der Waals surface area contributed by atoms with Crippen molar-refractivity contribution in [2.75, 3.05) is 5.32 Å². The summed E-state index contributed by atoms with van der Waals surface area (Å²) in [6.07, 6.45) is 0.410. The number of thiophene rings is 1. The van der Waals surface area contributed by atoms with Gasteiger partial charge in [0.1, 0.15) is 0 Å². The van der Waals surface area contributed by atoms with Crippen molar-refractivity contribution >= 4 is 28.9 Å². The highest BCUT2D eigenvalue weighted by Gasteiger charge is 2.16. The molecule has 0 spiro atoms. The second-order valence-electron chi connectivity index (χ2n) is 5.16. The van der Waals surface area contributed by atoms with E-state index in [0.717, 1.165) is 11.3 Å². The molecule has 2 rings (SSSR count). The predicted molar refractivity (Wildman–Crippen MR) is 85.9 cm³/mol. The van der Waals surface area contributed by atoms with Crippen LogP contribution in [0, 0.1) is 5.92 Å². The molecule has 0 aliphatic carbocycles. The highest BCUT2D eigenvalue weighted by atomic mass is 32.1. The van der Waals surface area contributed by atoms with Crippen molar-refractivity contribution in [1.82, 2.24) is 0 Å². The lowest BCUT2D eigenvalue weighted by atomic mass is 10.1. The van der Waals surface area contributed by atoms with Gasteiger partial charge in [0, 0.05) is 6.42 Å². The normalized spacial score (nSPS) is 10.5. The van der Waals surface area contributed by atoms with Crippen LogP contribution in [0.1, 0.15) is 29.9 Å². The monoisotopic (exact) mass is 319 g/mol. The molecule has 1 amide bonds. The van der Waals surface area contributed by atoms with Crippen LogP contribution in [0.5, 0.6) is 11.5 Å². The Hall–Kier alpha value is -2.34. The second-order valence-corrected chi connectivity index (χ2v) is 6.08. The highest BCUT2D eigenvalue weighted by molar-refractivity contribution is 7.12. The Labute approximate surface area is 132 Å². The summed E-state index contributed by atoms with van der Waals surface area (Å²) in [6.45, 7) is 3.93. The number of hydrogen-bond donors (Lipinski definition) is 2. The number of nitrogens with one attached hydrogen (secondary N) is 1. The van der Waals surface area contributed by atoms with E-state index in [4.69, 9.17) is 9.84 Å². The summed E-state index contributed by atoms with van der Waals surface area (Å²) in [5.74, 6) is -0.201.